The molecule has 0 saturated carbocycles. The van der Waals surface area contributed by atoms with Crippen LogP contribution in [0.5, 0.6) is 0 Å². The predicted molar refractivity (Wildman–Crippen MR) is 106 cm³/mol. The van der Waals surface area contributed by atoms with E-state index in [9.17, 15) is 4.79 Å². The third kappa shape index (κ3) is 3.20. The second-order valence-corrected chi connectivity index (χ2v) is 7.79. The number of halogens is 1. The normalized spacial score (nSPS) is 18.0. The summed E-state index contributed by atoms with van der Waals surface area (Å²) >= 11 is 6.72. The first-order chi connectivity index (χ1) is 12.3. The van der Waals surface area contributed by atoms with Crippen LogP contribution in [0.3, 0.4) is 0 Å². The number of benzene rings is 1. The maximum absolute atomic E-state index is 13.2. The van der Waals surface area contributed by atoms with Gasteiger partial charge in [0, 0.05) is 18.3 Å². The standard InChI is InChI=1S/C20H27ClN4O/c1-6-13(4)25-19(22-16-10-8-7-9-15(16)20(25)26)17-14(5)23-24(18(17)21)11-12(2)3/h7-10,12-13,19,22H,6,11H2,1-5H3/t13-,19+/m1/s1. The molecule has 2 aromatic rings. The van der Waals surface area contributed by atoms with Crippen molar-refractivity contribution in [2.24, 2.45) is 5.92 Å². The molecular weight excluding hydrogens is 348 g/mol. The van der Waals surface area contributed by atoms with E-state index in [0.717, 1.165) is 29.9 Å². The largest absolute Gasteiger partial charge is 0.361 e. The molecule has 0 fully saturated rings. The third-order valence-corrected chi connectivity index (χ3v) is 5.35. The summed E-state index contributed by atoms with van der Waals surface area (Å²) < 4.78 is 1.85. The molecule has 26 heavy (non-hydrogen) atoms. The van der Waals surface area contributed by atoms with Crippen LogP contribution in [0.1, 0.15) is 61.9 Å². The first kappa shape index (κ1) is 18.8. The molecule has 1 amide bonds. The summed E-state index contributed by atoms with van der Waals surface area (Å²) in [6.07, 6.45) is 0.545. The van der Waals surface area contributed by atoms with Crippen LogP contribution in [-0.2, 0) is 6.54 Å². The zero-order valence-electron chi connectivity index (χ0n) is 16.1. The fourth-order valence-electron chi connectivity index (χ4n) is 3.48. The lowest BCUT2D eigenvalue weighted by molar-refractivity contribution is 0.0593. The number of hydrogen-bond acceptors (Lipinski definition) is 3. The number of aryl methyl sites for hydroxylation is 1. The summed E-state index contributed by atoms with van der Waals surface area (Å²) in [4.78, 5) is 15.1. The van der Waals surface area contributed by atoms with Gasteiger partial charge in [0.1, 0.15) is 11.3 Å². The van der Waals surface area contributed by atoms with Gasteiger partial charge in [-0.2, -0.15) is 5.10 Å². The highest BCUT2D eigenvalue weighted by atomic mass is 35.5. The number of carbonyl (C=O) groups excluding carboxylic acids is 1. The van der Waals surface area contributed by atoms with E-state index in [1.54, 1.807) is 0 Å². The number of aromatic nitrogens is 2. The Bertz CT molecular complexity index is 814. The summed E-state index contributed by atoms with van der Waals surface area (Å²) in [5.41, 5.74) is 3.28. The molecule has 1 N–H and O–H groups in total. The Hall–Kier alpha value is -2.01. The van der Waals surface area contributed by atoms with Crippen LogP contribution in [0.4, 0.5) is 5.69 Å². The third-order valence-electron chi connectivity index (χ3n) is 4.95. The molecule has 2 atom stereocenters. The zero-order valence-corrected chi connectivity index (χ0v) is 16.8. The van der Waals surface area contributed by atoms with Gasteiger partial charge in [-0.05, 0) is 38.3 Å². The zero-order chi connectivity index (χ0) is 19.0. The van der Waals surface area contributed by atoms with Crippen molar-refractivity contribution in [2.75, 3.05) is 5.32 Å². The van der Waals surface area contributed by atoms with Crippen molar-refractivity contribution in [1.82, 2.24) is 14.7 Å². The molecule has 5 nitrogen and oxygen atoms in total. The summed E-state index contributed by atoms with van der Waals surface area (Å²) in [6.45, 7) is 11.1. The quantitative estimate of drug-likeness (QED) is 0.812. The lowest BCUT2D eigenvalue weighted by Crippen LogP contribution is -2.47. The first-order valence-electron chi connectivity index (χ1n) is 9.26. The number of carbonyl (C=O) groups is 1. The molecule has 1 aliphatic rings. The van der Waals surface area contributed by atoms with Crippen LogP contribution >= 0.6 is 11.6 Å². The van der Waals surface area contributed by atoms with Crippen molar-refractivity contribution < 1.29 is 4.79 Å². The molecule has 6 heteroatoms. The van der Waals surface area contributed by atoms with Gasteiger partial charge in [-0.1, -0.05) is 44.5 Å². The van der Waals surface area contributed by atoms with Crippen LogP contribution in [0.25, 0.3) is 0 Å². The van der Waals surface area contributed by atoms with Gasteiger partial charge in [-0.3, -0.25) is 9.48 Å². The summed E-state index contributed by atoms with van der Waals surface area (Å²) in [6, 6.07) is 7.72. The number of fused-ring (bicyclic) bond motifs is 1. The fourth-order valence-corrected chi connectivity index (χ4v) is 3.82. The summed E-state index contributed by atoms with van der Waals surface area (Å²) in [5, 5.41) is 8.76. The monoisotopic (exact) mass is 374 g/mol. The van der Waals surface area contributed by atoms with Crippen molar-refractivity contribution in [3.8, 4) is 0 Å². The van der Waals surface area contributed by atoms with Crippen LogP contribution in [0.2, 0.25) is 5.15 Å². The maximum Gasteiger partial charge on any atom is 0.258 e. The number of anilines is 1. The van der Waals surface area contributed by atoms with E-state index in [1.807, 2.05) is 40.8 Å². The average molecular weight is 375 g/mol. The first-order valence-corrected chi connectivity index (χ1v) is 9.63. The molecule has 0 bridgehead atoms. The second-order valence-electron chi connectivity index (χ2n) is 7.43. The van der Waals surface area contributed by atoms with E-state index < -0.39 is 0 Å². The Kier molecular flexibility index (Phi) is 5.28. The Morgan fingerprint density at radius 1 is 1.27 bits per heavy atom. The van der Waals surface area contributed by atoms with Crippen molar-refractivity contribution in [3.05, 3.63) is 46.2 Å². The Labute approximate surface area is 160 Å². The van der Waals surface area contributed by atoms with Crippen LogP contribution in [0.15, 0.2) is 24.3 Å². The minimum Gasteiger partial charge on any atom is -0.361 e. The van der Waals surface area contributed by atoms with Gasteiger partial charge in [0.15, 0.2) is 0 Å². The van der Waals surface area contributed by atoms with Crippen LogP contribution in [-0.4, -0.2) is 26.6 Å². The number of hydrogen-bond donors (Lipinski definition) is 1. The number of para-hydroxylation sites is 1. The minimum atomic E-state index is -0.319. The number of amides is 1. The lowest BCUT2D eigenvalue weighted by atomic mass is 10.0. The number of nitrogens with zero attached hydrogens (tertiary/aromatic N) is 3. The molecule has 0 unspecified atom stereocenters. The molecule has 1 aromatic carbocycles. The van der Waals surface area contributed by atoms with Gasteiger partial charge in [-0.25, -0.2) is 0 Å². The molecule has 0 radical (unpaired) electrons. The minimum absolute atomic E-state index is 0.0331. The molecule has 0 aliphatic carbocycles. The van der Waals surface area contributed by atoms with Gasteiger partial charge in [-0.15, -0.1) is 0 Å². The van der Waals surface area contributed by atoms with E-state index >= 15 is 0 Å². The molecular formula is C20H27ClN4O. The number of rotatable bonds is 5. The number of nitrogens with one attached hydrogen (secondary N) is 1. The SMILES string of the molecule is CC[C@@H](C)N1C(=O)c2ccccc2N[C@@H]1c1c(C)nn(CC(C)C)c1Cl. The summed E-state index contributed by atoms with van der Waals surface area (Å²) in [5.74, 6) is 0.470. The topological polar surface area (TPSA) is 50.2 Å². The van der Waals surface area contributed by atoms with Crippen molar-refractivity contribution in [1.29, 1.82) is 0 Å². The molecule has 3 rings (SSSR count). The molecule has 1 aromatic heterocycles. The predicted octanol–water partition coefficient (Wildman–Crippen LogP) is 4.87. The van der Waals surface area contributed by atoms with E-state index in [2.05, 4.69) is 38.1 Å². The molecule has 2 heterocycles. The summed E-state index contributed by atoms with van der Waals surface area (Å²) in [7, 11) is 0. The van der Waals surface area contributed by atoms with Crippen molar-refractivity contribution in [3.63, 3.8) is 0 Å². The smallest absolute Gasteiger partial charge is 0.258 e. The molecule has 0 spiro atoms. The Balaban J connectivity index is 2.10. The molecule has 1 aliphatic heterocycles. The Morgan fingerprint density at radius 3 is 2.62 bits per heavy atom. The van der Waals surface area contributed by atoms with Crippen LogP contribution < -0.4 is 5.32 Å². The van der Waals surface area contributed by atoms with E-state index in [1.165, 1.54) is 0 Å². The van der Waals surface area contributed by atoms with Gasteiger partial charge in [0.2, 0.25) is 0 Å². The van der Waals surface area contributed by atoms with Crippen LogP contribution in [0, 0.1) is 12.8 Å². The maximum atomic E-state index is 13.2. The highest BCUT2D eigenvalue weighted by Gasteiger charge is 2.38. The van der Waals surface area contributed by atoms with Gasteiger partial charge in [0.05, 0.1) is 16.8 Å². The van der Waals surface area contributed by atoms with E-state index in [4.69, 9.17) is 11.6 Å². The molecule has 0 saturated heterocycles. The highest BCUT2D eigenvalue weighted by Crippen LogP contribution is 2.39. The van der Waals surface area contributed by atoms with Gasteiger partial charge in [0.25, 0.3) is 5.91 Å². The van der Waals surface area contributed by atoms with Gasteiger partial charge < -0.3 is 10.2 Å². The Morgan fingerprint density at radius 2 is 1.96 bits per heavy atom. The van der Waals surface area contributed by atoms with Crippen molar-refractivity contribution in [2.45, 2.75) is 59.8 Å². The fraction of sp³-hybridized carbons (Fsp3) is 0.500. The lowest BCUT2D eigenvalue weighted by Gasteiger charge is -2.41. The second kappa shape index (κ2) is 7.31. The van der Waals surface area contributed by atoms with E-state index in [0.29, 0.717) is 16.6 Å². The molecule has 140 valence electrons. The highest BCUT2D eigenvalue weighted by molar-refractivity contribution is 6.30. The van der Waals surface area contributed by atoms with Crippen molar-refractivity contribution >= 4 is 23.2 Å². The average Bonchev–Trinajstić information content (AvgIpc) is 2.87. The van der Waals surface area contributed by atoms with Gasteiger partial charge >= 0.3 is 0 Å². The van der Waals surface area contributed by atoms with E-state index in [-0.39, 0.29) is 18.1 Å².